The molecule has 2 fully saturated rings. The van der Waals surface area contributed by atoms with Gasteiger partial charge in [0.05, 0.1) is 6.54 Å². The van der Waals surface area contributed by atoms with Gasteiger partial charge in [0.2, 0.25) is 5.91 Å². The summed E-state index contributed by atoms with van der Waals surface area (Å²) in [4.78, 5) is 14.1. The Kier molecular flexibility index (Phi) is 4.84. The molecule has 17 heavy (non-hydrogen) atoms. The lowest BCUT2D eigenvalue weighted by Crippen LogP contribution is -2.41. The number of likely N-dealkylation sites (tertiary alicyclic amines) is 1. The van der Waals surface area contributed by atoms with Crippen LogP contribution in [0.25, 0.3) is 0 Å². The van der Waals surface area contributed by atoms with Crippen molar-refractivity contribution in [1.82, 2.24) is 10.2 Å². The van der Waals surface area contributed by atoms with Gasteiger partial charge in [0.15, 0.2) is 0 Å². The number of nitrogens with zero attached hydrogens (tertiary/aromatic N) is 1. The molecule has 0 bridgehead atoms. The molecule has 0 aromatic heterocycles. The fourth-order valence-corrected chi connectivity index (χ4v) is 2.63. The Morgan fingerprint density at radius 3 is 2.47 bits per heavy atom. The van der Waals surface area contributed by atoms with Crippen LogP contribution in [0.1, 0.15) is 51.9 Å². The van der Waals surface area contributed by atoms with E-state index in [1.165, 1.54) is 44.9 Å². The van der Waals surface area contributed by atoms with Gasteiger partial charge in [-0.2, -0.15) is 0 Å². The van der Waals surface area contributed by atoms with E-state index in [0.717, 1.165) is 19.0 Å². The summed E-state index contributed by atoms with van der Waals surface area (Å²) in [5.41, 5.74) is 0. The third-order valence-corrected chi connectivity index (χ3v) is 3.94. The first-order valence-electron chi connectivity index (χ1n) is 7.27. The van der Waals surface area contributed by atoms with Gasteiger partial charge in [-0.1, -0.05) is 25.7 Å². The SMILES string of the molecule is CC(CC1CC1)NCC(=O)N1CCCCCC1. The van der Waals surface area contributed by atoms with Gasteiger partial charge >= 0.3 is 0 Å². The van der Waals surface area contributed by atoms with Gasteiger partial charge < -0.3 is 10.2 Å². The molecule has 2 rings (SSSR count). The maximum Gasteiger partial charge on any atom is 0.236 e. The standard InChI is InChI=1S/C14H26N2O/c1-12(10-13-6-7-13)15-11-14(17)16-8-4-2-3-5-9-16/h12-13,15H,2-11H2,1H3. The van der Waals surface area contributed by atoms with Gasteiger partial charge in [0.25, 0.3) is 0 Å². The summed E-state index contributed by atoms with van der Waals surface area (Å²) < 4.78 is 0. The molecular weight excluding hydrogens is 212 g/mol. The predicted molar refractivity (Wildman–Crippen MR) is 69.9 cm³/mol. The van der Waals surface area contributed by atoms with Gasteiger partial charge in [0, 0.05) is 19.1 Å². The third-order valence-electron chi connectivity index (χ3n) is 3.94. The quantitative estimate of drug-likeness (QED) is 0.796. The van der Waals surface area contributed by atoms with Gasteiger partial charge in [-0.3, -0.25) is 4.79 Å². The fraction of sp³-hybridized carbons (Fsp3) is 0.929. The van der Waals surface area contributed by atoms with E-state index >= 15 is 0 Å². The average Bonchev–Trinajstić information content (AvgIpc) is 3.11. The van der Waals surface area contributed by atoms with Crippen molar-refractivity contribution in [2.45, 2.75) is 57.9 Å². The largest absolute Gasteiger partial charge is 0.342 e. The van der Waals surface area contributed by atoms with Crippen molar-refractivity contribution in [2.75, 3.05) is 19.6 Å². The zero-order chi connectivity index (χ0) is 12.1. The zero-order valence-corrected chi connectivity index (χ0v) is 11.1. The third kappa shape index (κ3) is 4.66. The number of hydrogen-bond acceptors (Lipinski definition) is 2. The fourth-order valence-electron chi connectivity index (χ4n) is 2.63. The molecule has 3 heteroatoms. The first-order chi connectivity index (χ1) is 8.25. The van der Waals surface area contributed by atoms with Gasteiger partial charge in [-0.15, -0.1) is 0 Å². The van der Waals surface area contributed by atoms with E-state index in [-0.39, 0.29) is 0 Å². The molecule has 1 unspecified atom stereocenters. The summed E-state index contributed by atoms with van der Waals surface area (Å²) in [6.45, 7) is 4.68. The first kappa shape index (κ1) is 12.9. The Balaban J connectivity index is 1.64. The molecule has 1 saturated heterocycles. The lowest BCUT2D eigenvalue weighted by atomic mass is 10.1. The van der Waals surface area contributed by atoms with Gasteiger partial charge in [0.1, 0.15) is 0 Å². The van der Waals surface area contributed by atoms with E-state index < -0.39 is 0 Å². The second kappa shape index (κ2) is 6.39. The van der Waals surface area contributed by atoms with Crippen LogP contribution < -0.4 is 5.32 Å². The monoisotopic (exact) mass is 238 g/mol. The molecular formula is C14H26N2O. The van der Waals surface area contributed by atoms with Crippen molar-refractivity contribution >= 4 is 5.91 Å². The minimum Gasteiger partial charge on any atom is -0.342 e. The van der Waals surface area contributed by atoms with Crippen LogP contribution >= 0.6 is 0 Å². The van der Waals surface area contributed by atoms with Crippen LogP contribution in [0.15, 0.2) is 0 Å². The summed E-state index contributed by atoms with van der Waals surface area (Å²) in [5, 5.41) is 3.38. The molecule has 0 spiro atoms. The molecule has 0 aromatic carbocycles. The highest BCUT2D eigenvalue weighted by Crippen LogP contribution is 2.33. The van der Waals surface area contributed by atoms with E-state index in [4.69, 9.17) is 0 Å². The Hall–Kier alpha value is -0.570. The number of carbonyl (C=O) groups is 1. The average molecular weight is 238 g/mol. The highest BCUT2D eigenvalue weighted by atomic mass is 16.2. The maximum absolute atomic E-state index is 12.0. The number of rotatable bonds is 5. The maximum atomic E-state index is 12.0. The number of hydrogen-bond donors (Lipinski definition) is 1. The van der Waals surface area contributed by atoms with Crippen LogP contribution in [0.4, 0.5) is 0 Å². The van der Waals surface area contributed by atoms with E-state index in [0.29, 0.717) is 18.5 Å². The summed E-state index contributed by atoms with van der Waals surface area (Å²) in [5.74, 6) is 1.24. The molecule has 1 N–H and O–H groups in total. The Labute approximate surface area is 105 Å². The first-order valence-corrected chi connectivity index (χ1v) is 7.27. The van der Waals surface area contributed by atoms with Crippen molar-refractivity contribution in [1.29, 1.82) is 0 Å². The van der Waals surface area contributed by atoms with Crippen molar-refractivity contribution in [2.24, 2.45) is 5.92 Å². The number of carbonyl (C=O) groups excluding carboxylic acids is 1. The second-order valence-electron chi connectivity index (χ2n) is 5.76. The Morgan fingerprint density at radius 1 is 1.24 bits per heavy atom. The van der Waals surface area contributed by atoms with Crippen molar-refractivity contribution in [3.63, 3.8) is 0 Å². The lowest BCUT2D eigenvalue weighted by Gasteiger charge is -2.22. The molecule has 98 valence electrons. The van der Waals surface area contributed by atoms with Crippen molar-refractivity contribution < 1.29 is 4.79 Å². The molecule has 1 saturated carbocycles. The highest BCUT2D eigenvalue weighted by Gasteiger charge is 2.24. The molecule has 1 amide bonds. The molecule has 2 aliphatic rings. The van der Waals surface area contributed by atoms with Gasteiger partial charge in [-0.05, 0) is 32.1 Å². The second-order valence-corrected chi connectivity index (χ2v) is 5.76. The molecule has 1 aliphatic heterocycles. The summed E-state index contributed by atoms with van der Waals surface area (Å²) >= 11 is 0. The minimum atomic E-state index is 0.301. The topological polar surface area (TPSA) is 32.3 Å². The van der Waals surface area contributed by atoms with Crippen LogP contribution in [0.5, 0.6) is 0 Å². The molecule has 0 radical (unpaired) electrons. The van der Waals surface area contributed by atoms with E-state index in [1.807, 2.05) is 4.90 Å². The van der Waals surface area contributed by atoms with Crippen LogP contribution in [0.2, 0.25) is 0 Å². The number of amides is 1. The Bertz CT molecular complexity index is 243. The molecule has 1 heterocycles. The lowest BCUT2D eigenvalue weighted by molar-refractivity contribution is -0.130. The van der Waals surface area contributed by atoms with Gasteiger partial charge in [-0.25, -0.2) is 0 Å². The molecule has 3 nitrogen and oxygen atoms in total. The van der Waals surface area contributed by atoms with Crippen molar-refractivity contribution in [3.05, 3.63) is 0 Å². The van der Waals surface area contributed by atoms with Crippen LogP contribution in [0, 0.1) is 5.92 Å². The highest BCUT2D eigenvalue weighted by molar-refractivity contribution is 5.78. The van der Waals surface area contributed by atoms with Crippen molar-refractivity contribution in [3.8, 4) is 0 Å². The van der Waals surface area contributed by atoms with Crippen LogP contribution in [-0.4, -0.2) is 36.5 Å². The summed E-state index contributed by atoms with van der Waals surface area (Å²) in [7, 11) is 0. The molecule has 1 atom stereocenters. The summed E-state index contributed by atoms with van der Waals surface area (Å²) in [6.07, 6.45) is 8.97. The summed E-state index contributed by atoms with van der Waals surface area (Å²) in [6, 6.07) is 0.499. The predicted octanol–water partition coefficient (Wildman–Crippen LogP) is 2.17. The van der Waals surface area contributed by atoms with E-state index in [9.17, 15) is 4.79 Å². The number of nitrogens with one attached hydrogen (secondary N) is 1. The smallest absolute Gasteiger partial charge is 0.236 e. The van der Waals surface area contributed by atoms with Crippen LogP contribution in [0.3, 0.4) is 0 Å². The normalized spacial score (nSPS) is 23.2. The minimum absolute atomic E-state index is 0.301. The Morgan fingerprint density at radius 2 is 1.88 bits per heavy atom. The van der Waals surface area contributed by atoms with E-state index in [1.54, 1.807) is 0 Å². The zero-order valence-electron chi connectivity index (χ0n) is 11.1. The van der Waals surface area contributed by atoms with E-state index in [2.05, 4.69) is 12.2 Å². The molecule has 0 aromatic rings. The molecule has 1 aliphatic carbocycles. The van der Waals surface area contributed by atoms with Crippen LogP contribution in [-0.2, 0) is 4.79 Å².